The number of rotatable bonds is 4. The second-order valence-electron chi connectivity index (χ2n) is 4.33. The Labute approximate surface area is 106 Å². The number of esters is 1. The maximum atomic E-state index is 11.7. The Morgan fingerprint density at radius 1 is 1.44 bits per heavy atom. The maximum Gasteiger partial charge on any atom is 0.340 e. The summed E-state index contributed by atoms with van der Waals surface area (Å²) in [7, 11) is 1.38. The Bertz CT molecular complexity index is 572. The van der Waals surface area contributed by atoms with Gasteiger partial charge in [0.1, 0.15) is 0 Å². The molecule has 1 N–H and O–H groups in total. The summed E-state index contributed by atoms with van der Waals surface area (Å²) < 4.78 is 6.78. The lowest BCUT2D eigenvalue weighted by Crippen LogP contribution is -2.01. The highest BCUT2D eigenvalue weighted by molar-refractivity contribution is 6.04. The van der Waals surface area contributed by atoms with Crippen molar-refractivity contribution in [3.8, 4) is 0 Å². The highest BCUT2D eigenvalue weighted by atomic mass is 16.5. The molecule has 1 heterocycles. The Balaban J connectivity index is 2.56. The number of methoxy groups -OCH3 is 1. The summed E-state index contributed by atoms with van der Waals surface area (Å²) in [4.78, 5) is 11.7. The van der Waals surface area contributed by atoms with Crippen molar-refractivity contribution in [3.05, 3.63) is 35.5 Å². The predicted octanol–water partition coefficient (Wildman–Crippen LogP) is 2.12. The van der Waals surface area contributed by atoms with E-state index < -0.39 is 0 Å². The van der Waals surface area contributed by atoms with Crippen LogP contribution in [0.3, 0.4) is 0 Å². The molecule has 0 spiro atoms. The van der Waals surface area contributed by atoms with Crippen molar-refractivity contribution < 1.29 is 14.6 Å². The second-order valence-corrected chi connectivity index (χ2v) is 4.33. The van der Waals surface area contributed by atoms with Crippen LogP contribution in [0.4, 0.5) is 0 Å². The van der Waals surface area contributed by atoms with Gasteiger partial charge in [-0.15, -0.1) is 0 Å². The molecule has 0 radical (unpaired) electrons. The Morgan fingerprint density at radius 2 is 2.22 bits per heavy atom. The second kappa shape index (κ2) is 5.23. The van der Waals surface area contributed by atoms with Crippen molar-refractivity contribution in [2.24, 2.45) is 0 Å². The summed E-state index contributed by atoms with van der Waals surface area (Å²) in [6, 6.07) is 5.99. The van der Waals surface area contributed by atoms with Crippen LogP contribution in [0.2, 0.25) is 0 Å². The lowest BCUT2D eigenvalue weighted by atomic mass is 10.1. The number of carbonyl (C=O) groups is 1. The average Bonchev–Trinajstić information content (AvgIpc) is 2.73. The molecule has 0 atom stereocenters. The smallest absolute Gasteiger partial charge is 0.340 e. The number of aliphatic hydroxyl groups excluding tert-OH is 1. The van der Waals surface area contributed by atoms with E-state index in [-0.39, 0.29) is 12.6 Å². The first-order valence-electron chi connectivity index (χ1n) is 5.96. The lowest BCUT2D eigenvalue weighted by molar-refractivity contribution is 0.0602. The monoisotopic (exact) mass is 247 g/mol. The lowest BCUT2D eigenvalue weighted by Gasteiger charge is -2.03. The number of aliphatic hydroxyl groups is 1. The van der Waals surface area contributed by atoms with Gasteiger partial charge in [-0.05, 0) is 25.5 Å². The molecule has 2 aromatic rings. The molecule has 0 saturated heterocycles. The van der Waals surface area contributed by atoms with Crippen molar-refractivity contribution in [1.29, 1.82) is 0 Å². The zero-order valence-corrected chi connectivity index (χ0v) is 10.6. The molecule has 18 heavy (non-hydrogen) atoms. The van der Waals surface area contributed by atoms with Crippen molar-refractivity contribution in [2.45, 2.75) is 19.9 Å². The Hall–Kier alpha value is -1.81. The van der Waals surface area contributed by atoms with E-state index in [1.165, 1.54) is 7.11 Å². The number of fused-ring (bicyclic) bond motifs is 1. The zero-order valence-electron chi connectivity index (χ0n) is 10.6. The standard InChI is InChI=1S/C14H17NO3/c1-10-4-5-13-11(8-10)12(14(17)18-2)9-15(13)6-3-7-16/h4-5,8-9,16H,3,6-7H2,1-2H3. The molecule has 0 bridgehead atoms. The van der Waals surface area contributed by atoms with Gasteiger partial charge in [0.2, 0.25) is 0 Å². The molecule has 0 fully saturated rings. The number of hydrogen-bond acceptors (Lipinski definition) is 3. The number of aryl methyl sites for hydroxylation is 2. The SMILES string of the molecule is COC(=O)c1cn(CCCO)c2ccc(C)cc12. The zero-order chi connectivity index (χ0) is 13.1. The third-order valence-electron chi connectivity index (χ3n) is 3.00. The third-order valence-corrected chi connectivity index (χ3v) is 3.00. The Morgan fingerprint density at radius 3 is 2.89 bits per heavy atom. The summed E-state index contributed by atoms with van der Waals surface area (Å²) in [5, 5.41) is 9.80. The van der Waals surface area contributed by atoms with Crippen LogP contribution in [0.5, 0.6) is 0 Å². The minimum absolute atomic E-state index is 0.138. The van der Waals surface area contributed by atoms with E-state index in [4.69, 9.17) is 9.84 Å². The van der Waals surface area contributed by atoms with E-state index in [0.717, 1.165) is 16.5 Å². The maximum absolute atomic E-state index is 11.7. The van der Waals surface area contributed by atoms with Gasteiger partial charge in [0.25, 0.3) is 0 Å². The van der Waals surface area contributed by atoms with E-state index in [9.17, 15) is 4.79 Å². The molecule has 4 nitrogen and oxygen atoms in total. The fourth-order valence-electron chi connectivity index (χ4n) is 2.11. The summed E-state index contributed by atoms with van der Waals surface area (Å²) in [5.74, 6) is -0.326. The highest BCUT2D eigenvalue weighted by Gasteiger charge is 2.15. The first-order chi connectivity index (χ1) is 8.67. The van der Waals surface area contributed by atoms with Crippen LogP contribution in [0.1, 0.15) is 22.3 Å². The number of hydrogen-bond donors (Lipinski definition) is 1. The van der Waals surface area contributed by atoms with Crippen LogP contribution in [-0.2, 0) is 11.3 Å². The van der Waals surface area contributed by atoms with Crippen LogP contribution in [0.25, 0.3) is 10.9 Å². The van der Waals surface area contributed by atoms with E-state index in [1.54, 1.807) is 6.20 Å². The van der Waals surface area contributed by atoms with Gasteiger partial charge in [-0.1, -0.05) is 11.6 Å². The molecule has 1 aromatic carbocycles. The van der Waals surface area contributed by atoms with Crippen molar-refractivity contribution >= 4 is 16.9 Å². The normalized spacial score (nSPS) is 10.8. The molecule has 96 valence electrons. The van der Waals surface area contributed by atoms with Gasteiger partial charge in [-0.3, -0.25) is 0 Å². The molecular weight excluding hydrogens is 230 g/mol. The van der Waals surface area contributed by atoms with Gasteiger partial charge in [0, 0.05) is 30.3 Å². The summed E-state index contributed by atoms with van der Waals surface area (Å²) in [5.41, 5.74) is 2.68. The average molecular weight is 247 g/mol. The number of carbonyl (C=O) groups excluding carboxylic acids is 1. The third kappa shape index (κ3) is 2.24. The van der Waals surface area contributed by atoms with Crippen LogP contribution in [-0.4, -0.2) is 29.4 Å². The number of aromatic nitrogens is 1. The molecule has 4 heteroatoms. The van der Waals surface area contributed by atoms with Gasteiger partial charge in [-0.2, -0.15) is 0 Å². The molecule has 2 rings (SSSR count). The van der Waals surface area contributed by atoms with Crippen LogP contribution < -0.4 is 0 Å². The topological polar surface area (TPSA) is 51.5 Å². The number of ether oxygens (including phenoxy) is 1. The van der Waals surface area contributed by atoms with Crippen molar-refractivity contribution in [1.82, 2.24) is 4.57 Å². The van der Waals surface area contributed by atoms with E-state index >= 15 is 0 Å². The van der Waals surface area contributed by atoms with Gasteiger partial charge in [-0.25, -0.2) is 4.79 Å². The summed E-state index contributed by atoms with van der Waals surface area (Å²) in [6.45, 7) is 2.82. The first kappa shape index (κ1) is 12.6. The fourth-order valence-corrected chi connectivity index (χ4v) is 2.11. The summed E-state index contributed by atoms with van der Waals surface area (Å²) >= 11 is 0. The Kier molecular flexibility index (Phi) is 3.67. The van der Waals surface area contributed by atoms with Crippen LogP contribution >= 0.6 is 0 Å². The highest BCUT2D eigenvalue weighted by Crippen LogP contribution is 2.23. The van der Waals surface area contributed by atoms with Crippen LogP contribution in [0, 0.1) is 6.92 Å². The minimum atomic E-state index is -0.326. The molecule has 0 aliphatic rings. The summed E-state index contributed by atoms with van der Waals surface area (Å²) in [6.07, 6.45) is 2.46. The first-order valence-corrected chi connectivity index (χ1v) is 5.96. The molecule has 1 aromatic heterocycles. The van der Waals surface area contributed by atoms with Gasteiger partial charge >= 0.3 is 5.97 Å². The molecular formula is C14H17NO3. The molecule has 0 aliphatic heterocycles. The fraction of sp³-hybridized carbons (Fsp3) is 0.357. The molecule has 0 saturated carbocycles. The van der Waals surface area contributed by atoms with E-state index in [1.807, 2.05) is 29.7 Å². The van der Waals surface area contributed by atoms with E-state index in [0.29, 0.717) is 18.5 Å². The van der Waals surface area contributed by atoms with Crippen molar-refractivity contribution in [2.75, 3.05) is 13.7 Å². The molecule has 0 aliphatic carbocycles. The molecule has 0 amide bonds. The van der Waals surface area contributed by atoms with Gasteiger partial charge in [0.05, 0.1) is 12.7 Å². The molecule has 0 unspecified atom stereocenters. The van der Waals surface area contributed by atoms with Gasteiger partial charge in [0.15, 0.2) is 0 Å². The largest absolute Gasteiger partial charge is 0.465 e. The predicted molar refractivity (Wildman–Crippen MR) is 69.7 cm³/mol. The van der Waals surface area contributed by atoms with E-state index in [2.05, 4.69) is 0 Å². The van der Waals surface area contributed by atoms with Gasteiger partial charge < -0.3 is 14.4 Å². The van der Waals surface area contributed by atoms with Crippen molar-refractivity contribution in [3.63, 3.8) is 0 Å². The minimum Gasteiger partial charge on any atom is -0.465 e. The quantitative estimate of drug-likeness (QED) is 0.842. The number of nitrogens with zero attached hydrogens (tertiary/aromatic N) is 1. The van der Waals surface area contributed by atoms with Crippen LogP contribution in [0.15, 0.2) is 24.4 Å². The number of benzene rings is 1.